The molecule has 19 heavy (non-hydrogen) atoms. The number of fused-ring (bicyclic) bond motifs is 3. The van der Waals surface area contributed by atoms with E-state index in [1.54, 1.807) is 0 Å². The standard InChI is InChI=1S/C17H24N2/c1-11-6-14-9-15(4-5-16(14)18-10-11)19-17-8-12-2-3-13(17)7-12/h6,10,12-13,15,17,19H,2-5,7-9H2,1H3. The molecular weight excluding hydrogens is 232 g/mol. The minimum atomic E-state index is 0.695. The van der Waals surface area contributed by atoms with Crippen LogP contribution in [0, 0.1) is 18.8 Å². The Bertz CT molecular complexity index is 482. The van der Waals surface area contributed by atoms with Crippen LogP contribution in [0.3, 0.4) is 0 Å². The Morgan fingerprint density at radius 3 is 2.95 bits per heavy atom. The van der Waals surface area contributed by atoms with Crippen molar-refractivity contribution in [3.8, 4) is 0 Å². The van der Waals surface area contributed by atoms with Crippen LogP contribution >= 0.6 is 0 Å². The van der Waals surface area contributed by atoms with Gasteiger partial charge in [-0.05, 0) is 68.4 Å². The topological polar surface area (TPSA) is 24.9 Å². The van der Waals surface area contributed by atoms with Gasteiger partial charge in [0.05, 0.1) is 0 Å². The Kier molecular flexibility index (Phi) is 2.87. The zero-order valence-electron chi connectivity index (χ0n) is 11.9. The summed E-state index contributed by atoms with van der Waals surface area (Å²) in [5.41, 5.74) is 4.14. The van der Waals surface area contributed by atoms with Crippen LogP contribution in [0.4, 0.5) is 0 Å². The molecular formula is C17H24N2. The SMILES string of the molecule is Cc1cnc2c(c1)CC(NC1CC3CCC1C3)CC2. The van der Waals surface area contributed by atoms with Crippen molar-refractivity contribution in [3.05, 3.63) is 29.1 Å². The maximum Gasteiger partial charge on any atom is 0.0436 e. The van der Waals surface area contributed by atoms with E-state index < -0.39 is 0 Å². The van der Waals surface area contributed by atoms with Gasteiger partial charge in [0, 0.05) is 24.0 Å². The molecule has 3 aliphatic carbocycles. The van der Waals surface area contributed by atoms with Gasteiger partial charge in [-0.2, -0.15) is 0 Å². The number of nitrogens with one attached hydrogen (secondary N) is 1. The van der Waals surface area contributed by atoms with E-state index in [2.05, 4.69) is 23.3 Å². The normalized spacial score (nSPS) is 36.5. The first-order valence-electron chi connectivity index (χ1n) is 7.98. The Hall–Kier alpha value is -0.890. The summed E-state index contributed by atoms with van der Waals surface area (Å²) in [6.45, 7) is 2.15. The summed E-state index contributed by atoms with van der Waals surface area (Å²) >= 11 is 0. The zero-order chi connectivity index (χ0) is 12.8. The van der Waals surface area contributed by atoms with Gasteiger partial charge in [-0.1, -0.05) is 12.5 Å². The molecule has 0 saturated heterocycles. The Morgan fingerprint density at radius 2 is 2.16 bits per heavy atom. The highest BCUT2D eigenvalue weighted by atomic mass is 15.0. The van der Waals surface area contributed by atoms with Crippen molar-refractivity contribution in [1.29, 1.82) is 0 Å². The largest absolute Gasteiger partial charge is 0.311 e. The van der Waals surface area contributed by atoms with Crippen molar-refractivity contribution < 1.29 is 0 Å². The van der Waals surface area contributed by atoms with Crippen LogP contribution in [0.25, 0.3) is 0 Å². The average molecular weight is 256 g/mol. The van der Waals surface area contributed by atoms with Gasteiger partial charge in [0.15, 0.2) is 0 Å². The van der Waals surface area contributed by atoms with E-state index in [1.807, 2.05) is 6.20 Å². The van der Waals surface area contributed by atoms with E-state index >= 15 is 0 Å². The van der Waals surface area contributed by atoms with E-state index in [4.69, 9.17) is 0 Å². The number of hydrogen-bond donors (Lipinski definition) is 1. The van der Waals surface area contributed by atoms with Gasteiger partial charge >= 0.3 is 0 Å². The van der Waals surface area contributed by atoms with Gasteiger partial charge in [-0.3, -0.25) is 4.98 Å². The van der Waals surface area contributed by atoms with Crippen LogP contribution in [0.15, 0.2) is 12.3 Å². The van der Waals surface area contributed by atoms with Gasteiger partial charge in [0.2, 0.25) is 0 Å². The third-order valence-electron chi connectivity index (χ3n) is 5.58. The molecule has 1 N–H and O–H groups in total. The van der Waals surface area contributed by atoms with Crippen LogP contribution < -0.4 is 5.32 Å². The van der Waals surface area contributed by atoms with Crippen LogP contribution in [0.2, 0.25) is 0 Å². The van der Waals surface area contributed by atoms with Crippen molar-refractivity contribution in [1.82, 2.24) is 10.3 Å². The molecule has 1 aromatic heterocycles. The molecule has 3 aliphatic rings. The van der Waals surface area contributed by atoms with Crippen LogP contribution in [-0.2, 0) is 12.8 Å². The number of aromatic nitrogens is 1. The molecule has 0 radical (unpaired) electrons. The molecule has 4 unspecified atom stereocenters. The lowest BCUT2D eigenvalue weighted by molar-refractivity contribution is 0.303. The Labute approximate surface area is 116 Å². The third kappa shape index (κ3) is 2.20. The van der Waals surface area contributed by atoms with Gasteiger partial charge in [0.1, 0.15) is 0 Å². The van der Waals surface area contributed by atoms with Gasteiger partial charge < -0.3 is 5.32 Å². The smallest absolute Gasteiger partial charge is 0.0436 e. The Balaban J connectivity index is 1.44. The molecule has 2 fully saturated rings. The molecule has 2 bridgehead atoms. The Morgan fingerprint density at radius 1 is 1.21 bits per heavy atom. The van der Waals surface area contributed by atoms with Crippen molar-refractivity contribution in [2.75, 3.05) is 0 Å². The molecule has 102 valence electrons. The predicted octanol–water partition coefficient (Wildman–Crippen LogP) is 3.03. The van der Waals surface area contributed by atoms with Crippen molar-refractivity contribution >= 4 is 0 Å². The molecule has 0 aromatic carbocycles. The quantitative estimate of drug-likeness (QED) is 0.880. The molecule has 4 atom stereocenters. The van der Waals surface area contributed by atoms with Gasteiger partial charge in [0.25, 0.3) is 0 Å². The molecule has 4 rings (SSSR count). The molecule has 2 nitrogen and oxygen atoms in total. The summed E-state index contributed by atoms with van der Waals surface area (Å²) in [6.07, 6.45) is 11.6. The maximum atomic E-state index is 4.60. The van der Waals surface area contributed by atoms with E-state index in [0.29, 0.717) is 6.04 Å². The fraction of sp³-hybridized carbons (Fsp3) is 0.706. The number of nitrogens with zero attached hydrogens (tertiary/aromatic N) is 1. The predicted molar refractivity (Wildman–Crippen MR) is 77.2 cm³/mol. The van der Waals surface area contributed by atoms with E-state index in [1.165, 1.54) is 55.3 Å². The summed E-state index contributed by atoms with van der Waals surface area (Å²) in [7, 11) is 0. The molecule has 0 spiro atoms. The summed E-state index contributed by atoms with van der Waals surface area (Å²) in [4.78, 5) is 4.60. The molecule has 0 aliphatic heterocycles. The fourth-order valence-electron chi connectivity index (χ4n) is 4.63. The molecule has 2 saturated carbocycles. The van der Waals surface area contributed by atoms with E-state index in [9.17, 15) is 0 Å². The first-order chi connectivity index (χ1) is 9.28. The van der Waals surface area contributed by atoms with E-state index in [0.717, 1.165) is 24.3 Å². The number of rotatable bonds is 2. The monoisotopic (exact) mass is 256 g/mol. The average Bonchev–Trinajstić information content (AvgIpc) is 3.00. The highest BCUT2D eigenvalue weighted by Crippen LogP contribution is 2.44. The number of pyridine rings is 1. The summed E-state index contributed by atoms with van der Waals surface area (Å²) in [5.74, 6) is 2.03. The lowest BCUT2D eigenvalue weighted by Gasteiger charge is -2.31. The molecule has 0 amide bonds. The first kappa shape index (κ1) is 11.9. The highest BCUT2D eigenvalue weighted by molar-refractivity contribution is 5.28. The second kappa shape index (κ2) is 4.59. The number of hydrogen-bond acceptors (Lipinski definition) is 2. The lowest BCUT2D eigenvalue weighted by atomic mass is 9.88. The number of aryl methyl sites for hydroxylation is 2. The minimum Gasteiger partial charge on any atom is -0.311 e. The van der Waals surface area contributed by atoms with Crippen molar-refractivity contribution in [3.63, 3.8) is 0 Å². The van der Waals surface area contributed by atoms with Crippen molar-refractivity contribution in [2.45, 2.75) is 64.0 Å². The summed E-state index contributed by atoms with van der Waals surface area (Å²) < 4.78 is 0. The van der Waals surface area contributed by atoms with Crippen LogP contribution in [-0.4, -0.2) is 17.1 Å². The van der Waals surface area contributed by atoms with Crippen molar-refractivity contribution in [2.24, 2.45) is 11.8 Å². The third-order valence-corrected chi connectivity index (χ3v) is 5.58. The van der Waals surface area contributed by atoms with Crippen LogP contribution in [0.1, 0.15) is 48.9 Å². The van der Waals surface area contributed by atoms with E-state index in [-0.39, 0.29) is 0 Å². The molecule has 1 aromatic rings. The molecule has 1 heterocycles. The minimum absolute atomic E-state index is 0.695. The van der Waals surface area contributed by atoms with Gasteiger partial charge in [-0.15, -0.1) is 0 Å². The maximum absolute atomic E-state index is 4.60. The summed E-state index contributed by atoms with van der Waals surface area (Å²) in [5, 5.41) is 3.98. The van der Waals surface area contributed by atoms with Gasteiger partial charge in [-0.25, -0.2) is 0 Å². The first-order valence-corrected chi connectivity index (χ1v) is 7.98. The molecule has 2 heteroatoms. The second-order valence-corrected chi connectivity index (χ2v) is 7.01. The fourth-order valence-corrected chi connectivity index (χ4v) is 4.63. The second-order valence-electron chi connectivity index (χ2n) is 7.01. The highest BCUT2D eigenvalue weighted by Gasteiger charge is 2.40. The lowest BCUT2D eigenvalue weighted by Crippen LogP contribution is -2.44. The summed E-state index contributed by atoms with van der Waals surface area (Å²) in [6, 6.07) is 3.86. The van der Waals surface area contributed by atoms with Crippen LogP contribution in [0.5, 0.6) is 0 Å². The zero-order valence-corrected chi connectivity index (χ0v) is 11.9.